The molecule has 4 nitrogen and oxygen atoms in total. The van der Waals surface area contributed by atoms with E-state index in [2.05, 4.69) is 35.4 Å². The molecule has 0 aliphatic carbocycles. The molecular formula is C19H20N2O2. The van der Waals surface area contributed by atoms with Gasteiger partial charge in [0.05, 0.1) is 12.7 Å². The molecule has 0 aliphatic rings. The topological polar surface area (TPSA) is 54.1 Å². The van der Waals surface area contributed by atoms with Crippen LogP contribution in [-0.4, -0.2) is 24.5 Å². The Hall–Kier alpha value is -2.75. The molecule has 0 fully saturated rings. The van der Waals surface area contributed by atoms with E-state index in [1.54, 1.807) is 19.2 Å². The number of hydrogen-bond donors (Lipinski definition) is 2. The van der Waals surface area contributed by atoms with E-state index < -0.39 is 0 Å². The fraction of sp³-hybridized carbons (Fsp3) is 0.211. The maximum absolute atomic E-state index is 12.3. The van der Waals surface area contributed by atoms with Gasteiger partial charge < -0.3 is 15.0 Å². The molecule has 0 spiro atoms. The Kier molecular flexibility index (Phi) is 4.33. The lowest BCUT2D eigenvalue weighted by molar-refractivity contribution is 0.0951. The lowest BCUT2D eigenvalue weighted by atomic mass is 10.1. The Balaban J connectivity index is 1.66. The predicted molar refractivity (Wildman–Crippen MR) is 92.1 cm³/mol. The first kappa shape index (κ1) is 15.2. The summed E-state index contributed by atoms with van der Waals surface area (Å²) < 4.78 is 5.22. The van der Waals surface area contributed by atoms with Gasteiger partial charge in [-0.15, -0.1) is 0 Å². The van der Waals surface area contributed by atoms with Gasteiger partial charge in [-0.2, -0.15) is 0 Å². The molecule has 23 heavy (non-hydrogen) atoms. The zero-order valence-corrected chi connectivity index (χ0v) is 13.3. The van der Waals surface area contributed by atoms with E-state index in [0.717, 1.165) is 11.9 Å². The van der Waals surface area contributed by atoms with Crippen LogP contribution in [0.1, 0.15) is 21.5 Å². The second kappa shape index (κ2) is 6.57. The third-order valence-corrected chi connectivity index (χ3v) is 3.95. The number of fused-ring (bicyclic) bond motifs is 1. The molecule has 1 heterocycles. The first-order valence-electron chi connectivity index (χ1n) is 7.67. The number of methoxy groups -OCH3 is 1. The highest BCUT2D eigenvalue weighted by molar-refractivity contribution is 5.96. The van der Waals surface area contributed by atoms with E-state index in [4.69, 9.17) is 4.74 Å². The quantitative estimate of drug-likeness (QED) is 0.758. The minimum Gasteiger partial charge on any atom is -0.496 e. The van der Waals surface area contributed by atoms with Crippen LogP contribution in [0.15, 0.2) is 48.7 Å². The first-order chi connectivity index (χ1) is 11.2. The molecule has 2 N–H and O–H groups in total. The summed E-state index contributed by atoms with van der Waals surface area (Å²) in [6.45, 7) is 2.66. The number of aromatic nitrogens is 1. The van der Waals surface area contributed by atoms with E-state index in [9.17, 15) is 4.79 Å². The molecule has 4 heteroatoms. The Labute approximate surface area is 135 Å². The molecule has 3 rings (SSSR count). The van der Waals surface area contributed by atoms with E-state index in [1.807, 2.05) is 18.3 Å². The van der Waals surface area contributed by atoms with Crippen LogP contribution in [0.5, 0.6) is 5.75 Å². The number of carbonyl (C=O) groups is 1. The molecule has 0 radical (unpaired) electrons. The first-order valence-corrected chi connectivity index (χ1v) is 7.67. The van der Waals surface area contributed by atoms with Crippen LogP contribution in [0.25, 0.3) is 10.9 Å². The van der Waals surface area contributed by atoms with Crippen LogP contribution in [0.4, 0.5) is 0 Å². The molecule has 1 amide bonds. The molecule has 0 bridgehead atoms. The molecule has 118 valence electrons. The molecule has 0 atom stereocenters. The highest BCUT2D eigenvalue weighted by Gasteiger charge is 2.11. The molecule has 0 unspecified atom stereocenters. The fourth-order valence-corrected chi connectivity index (χ4v) is 2.74. The summed E-state index contributed by atoms with van der Waals surface area (Å²) in [5, 5.41) is 4.18. The predicted octanol–water partition coefficient (Wildman–Crippen LogP) is 3.46. The van der Waals surface area contributed by atoms with Crippen molar-refractivity contribution < 1.29 is 9.53 Å². The standard InChI is InChI=1S/C19H20N2O2/c1-13-7-8-17-16(11-13)14(12-21-17)9-10-20-19(22)15-5-3-4-6-18(15)23-2/h3-8,11-12,21H,9-10H2,1-2H3,(H,20,22). The number of carbonyl (C=O) groups excluding carboxylic acids is 1. The van der Waals surface area contributed by atoms with E-state index in [0.29, 0.717) is 17.9 Å². The molecule has 0 saturated heterocycles. The number of benzene rings is 2. The maximum atomic E-state index is 12.3. The third-order valence-electron chi connectivity index (χ3n) is 3.95. The van der Waals surface area contributed by atoms with Crippen molar-refractivity contribution in [3.63, 3.8) is 0 Å². The van der Waals surface area contributed by atoms with Gasteiger partial charge >= 0.3 is 0 Å². The van der Waals surface area contributed by atoms with Gasteiger partial charge in [-0.25, -0.2) is 0 Å². The van der Waals surface area contributed by atoms with Gasteiger partial charge in [-0.05, 0) is 43.2 Å². The second-order valence-electron chi connectivity index (χ2n) is 5.57. The van der Waals surface area contributed by atoms with E-state index in [1.165, 1.54) is 16.5 Å². The van der Waals surface area contributed by atoms with Crippen LogP contribution in [-0.2, 0) is 6.42 Å². The normalized spacial score (nSPS) is 10.7. The monoisotopic (exact) mass is 308 g/mol. The highest BCUT2D eigenvalue weighted by atomic mass is 16.5. The number of para-hydroxylation sites is 1. The number of amides is 1. The van der Waals surface area contributed by atoms with Gasteiger partial charge in [-0.3, -0.25) is 4.79 Å². The van der Waals surface area contributed by atoms with Gasteiger partial charge in [0, 0.05) is 23.6 Å². The zero-order valence-electron chi connectivity index (χ0n) is 13.3. The van der Waals surface area contributed by atoms with Gasteiger partial charge in [0.1, 0.15) is 5.75 Å². The number of nitrogens with one attached hydrogen (secondary N) is 2. The van der Waals surface area contributed by atoms with Crippen molar-refractivity contribution in [2.45, 2.75) is 13.3 Å². The Morgan fingerprint density at radius 1 is 1.22 bits per heavy atom. The van der Waals surface area contributed by atoms with E-state index in [-0.39, 0.29) is 5.91 Å². The average molecular weight is 308 g/mol. The fourth-order valence-electron chi connectivity index (χ4n) is 2.74. The Morgan fingerprint density at radius 3 is 2.87 bits per heavy atom. The van der Waals surface area contributed by atoms with Crippen LogP contribution in [0, 0.1) is 6.92 Å². The number of aryl methyl sites for hydroxylation is 1. The van der Waals surface area contributed by atoms with Gasteiger partial charge in [0.2, 0.25) is 0 Å². The van der Waals surface area contributed by atoms with Crippen LogP contribution in [0.2, 0.25) is 0 Å². The van der Waals surface area contributed by atoms with Crippen molar-refractivity contribution in [3.05, 3.63) is 65.4 Å². The molecule has 1 aromatic heterocycles. The van der Waals surface area contributed by atoms with Crippen molar-refractivity contribution in [2.75, 3.05) is 13.7 Å². The van der Waals surface area contributed by atoms with Crippen LogP contribution in [0.3, 0.4) is 0 Å². The van der Waals surface area contributed by atoms with Gasteiger partial charge in [0.25, 0.3) is 5.91 Å². The number of H-pyrrole nitrogens is 1. The second-order valence-corrected chi connectivity index (χ2v) is 5.57. The van der Waals surface area contributed by atoms with Crippen molar-refractivity contribution in [3.8, 4) is 5.75 Å². The minimum atomic E-state index is -0.113. The summed E-state index contributed by atoms with van der Waals surface area (Å²) in [7, 11) is 1.57. The summed E-state index contributed by atoms with van der Waals surface area (Å²) >= 11 is 0. The average Bonchev–Trinajstić information content (AvgIpc) is 2.97. The Bertz CT molecular complexity index is 836. The zero-order chi connectivity index (χ0) is 16.2. The third kappa shape index (κ3) is 3.21. The minimum absolute atomic E-state index is 0.113. The molecule has 0 aliphatic heterocycles. The summed E-state index contributed by atoms with van der Waals surface area (Å²) in [6.07, 6.45) is 2.80. The van der Waals surface area contributed by atoms with Crippen molar-refractivity contribution >= 4 is 16.8 Å². The van der Waals surface area contributed by atoms with Gasteiger partial charge in [-0.1, -0.05) is 23.8 Å². The summed E-state index contributed by atoms with van der Waals surface area (Å²) in [6, 6.07) is 13.6. The molecule has 2 aromatic carbocycles. The lowest BCUT2D eigenvalue weighted by Gasteiger charge is -2.09. The number of hydrogen-bond acceptors (Lipinski definition) is 2. The smallest absolute Gasteiger partial charge is 0.255 e. The molecule has 3 aromatic rings. The molecular weight excluding hydrogens is 288 g/mol. The summed E-state index contributed by atoms with van der Waals surface area (Å²) in [5.41, 5.74) is 4.13. The SMILES string of the molecule is COc1ccccc1C(=O)NCCc1c[nH]c2ccc(C)cc12. The number of ether oxygens (including phenoxy) is 1. The van der Waals surface area contributed by atoms with Gasteiger partial charge in [0.15, 0.2) is 0 Å². The van der Waals surface area contributed by atoms with Crippen LogP contribution >= 0.6 is 0 Å². The van der Waals surface area contributed by atoms with Crippen molar-refractivity contribution in [2.24, 2.45) is 0 Å². The van der Waals surface area contributed by atoms with Crippen LogP contribution < -0.4 is 10.1 Å². The Morgan fingerprint density at radius 2 is 2.04 bits per heavy atom. The lowest BCUT2D eigenvalue weighted by Crippen LogP contribution is -2.26. The van der Waals surface area contributed by atoms with Crippen molar-refractivity contribution in [1.29, 1.82) is 0 Å². The summed E-state index contributed by atoms with van der Waals surface area (Å²) in [5.74, 6) is 0.478. The maximum Gasteiger partial charge on any atom is 0.255 e. The van der Waals surface area contributed by atoms with Crippen molar-refractivity contribution in [1.82, 2.24) is 10.3 Å². The largest absolute Gasteiger partial charge is 0.496 e. The number of rotatable bonds is 5. The summed E-state index contributed by atoms with van der Waals surface area (Å²) in [4.78, 5) is 15.5. The number of aromatic amines is 1. The van der Waals surface area contributed by atoms with E-state index >= 15 is 0 Å². The highest BCUT2D eigenvalue weighted by Crippen LogP contribution is 2.20. The molecule has 0 saturated carbocycles.